The van der Waals surface area contributed by atoms with Gasteiger partial charge in [-0.1, -0.05) is 30.0 Å². The first-order chi connectivity index (χ1) is 14.0. The van der Waals surface area contributed by atoms with Gasteiger partial charge in [0, 0.05) is 5.56 Å². The monoisotopic (exact) mass is 411 g/mol. The number of hydrogen-bond donors (Lipinski definition) is 2. The molecule has 0 spiro atoms. The minimum Gasteiger partial charge on any atom is -0.507 e. The third-order valence-electron chi connectivity index (χ3n) is 3.97. The highest BCUT2D eigenvalue weighted by Gasteiger charge is 2.33. The highest BCUT2D eigenvalue weighted by atomic mass is 32.2. The quantitative estimate of drug-likeness (QED) is 0.652. The fourth-order valence-electron chi connectivity index (χ4n) is 2.64. The zero-order chi connectivity index (χ0) is 20.8. The molecular formula is C22H21NO5S. The van der Waals surface area contributed by atoms with Gasteiger partial charge in [0.25, 0.3) is 0 Å². The number of aliphatic hydroxyl groups excluding tert-OH is 1. The number of carbonyl (C=O) groups excluding carboxylic acids is 1. The summed E-state index contributed by atoms with van der Waals surface area (Å²) in [5, 5.41) is 21.0. The fraction of sp³-hybridized carbons (Fsp3) is 0.182. The van der Waals surface area contributed by atoms with E-state index in [1.54, 1.807) is 61.5 Å². The van der Waals surface area contributed by atoms with Crippen LogP contribution >= 0.6 is 11.8 Å². The van der Waals surface area contributed by atoms with Crippen molar-refractivity contribution >= 4 is 34.5 Å². The number of phenols is 1. The number of carbonyl (C=O) groups is 1. The lowest BCUT2D eigenvalue weighted by Crippen LogP contribution is -2.12. The number of nitrogens with zero attached hydrogens (tertiary/aromatic N) is 1. The molecule has 0 aliphatic carbocycles. The lowest BCUT2D eigenvalue weighted by molar-refractivity contribution is -0.138. The molecule has 2 aromatic rings. The van der Waals surface area contributed by atoms with Gasteiger partial charge in [0.15, 0.2) is 0 Å². The van der Waals surface area contributed by atoms with Crippen LogP contribution in [-0.4, -0.2) is 34.4 Å². The molecule has 0 bridgehead atoms. The van der Waals surface area contributed by atoms with Crippen LogP contribution in [0.1, 0.15) is 19.4 Å². The number of hydrogen-bond acceptors (Lipinski definition) is 7. The van der Waals surface area contributed by atoms with Crippen LogP contribution in [0.2, 0.25) is 0 Å². The number of ether oxygens (including phenoxy) is 2. The normalized spacial score (nSPS) is 16.5. The first-order valence-corrected chi connectivity index (χ1v) is 9.95. The smallest absolute Gasteiger partial charge is 0.344 e. The van der Waals surface area contributed by atoms with Crippen LogP contribution in [0.4, 0.5) is 5.69 Å². The molecule has 0 fully saturated rings. The number of aliphatic imine (C=N–C) groups is 1. The summed E-state index contributed by atoms with van der Waals surface area (Å²) in [7, 11) is 0. The topological polar surface area (TPSA) is 88.4 Å². The van der Waals surface area contributed by atoms with E-state index >= 15 is 0 Å². The van der Waals surface area contributed by atoms with E-state index < -0.39 is 5.97 Å². The predicted octanol–water partition coefficient (Wildman–Crippen LogP) is 4.98. The van der Waals surface area contributed by atoms with Gasteiger partial charge in [-0.05, 0) is 50.3 Å². The van der Waals surface area contributed by atoms with Crippen molar-refractivity contribution in [3.63, 3.8) is 0 Å². The maximum absolute atomic E-state index is 12.4. The van der Waals surface area contributed by atoms with E-state index in [2.05, 4.69) is 4.99 Å². The molecule has 7 heteroatoms. The SMILES string of the molecule is CCOC(=O)C1=C(O)/C(=C\c2ccccc2O)SC1=Nc1ccc(OCC)cc1. The van der Waals surface area contributed by atoms with Gasteiger partial charge in [-0.25, -0.2) is 9.79 Å². The Kier molecular flexibility index (Phi) is 6.61. The van der Waals surface area contributed by atoms with Crippen molar-refractivity contribution in [1.82, 2.24) is 0 Å². The van der Waals surface area contributed by atoms with E-state index in [0.29, 0.717) is 27.8 Å². The number of thioether (sulfide) groups is 1. The minimum absolute atomic E-state index is 0.00686. The molecule has 0 aromatic heterocycles. The standard InChI is InChI=1S/C22H21NO5S/c1-3-27-16-11-9-15(10-12-16)23-21-19(22(26)28-4-2)20(25)18(29-21)13-14-7-5-6-8-17(14)24/h5-13,24-25H,3-4H2,1-2H3/b18-13+,23-21?. The molecule has 0 radical (unpaired) electrons. The molecule has 1 aliphatic heterocycles. The van der Waals surface area contributed by atoms with E-state index in [4.69, 9.17) is 9.47 Å². The second-order valence-electron chi connectivity index (χ2n) is 5.96. The van der Waals surface area contributed by atoms with Crippen molar-refractivity contribution in [2.75, 3.05) is 13.2 Å². The molecule has 150 valence electrons. The van der Waals surface area contributed by atoms with Gasteiger partial charge in [0.2, 0.25) is 0 Å². The zero-order valence-electron chi connectivity index (χ0n) is 16.1. The summed E-state index contributed by atoms with van der Waals surface area (Å²) in [6, 6.07) is 13.8. The summed E-state index contributed by atoms with van der Waals surface area (Å²) < 4.78 is 10.5. The van der Waals surface area contributed by atoms with Crippen LogP contribution in [0.15, 0.2) is 69.8 Å². The second kappa shape index (κ2) is 9.34. The maximum Gasteiger partial charge on any atom is 0.344 e. The molecule has 0 saturated heterocycles. The van der Waals surface area contributed by atoms with Gasteiger partial charge in [-0.2, -0.15) is 0 Å². The highest BCUT2D eigenvalue weighted by Crippen LogP contribution is 2.41. The maximum atomic E-state index is 12.4. The molecule has 0 unspecified atom stereocenters. The van der Waals surface area contributed by atoms with Crippen molar-refractivity contribution in [3.8, 4) is 11.5 Å². The molecule has 0 atom stereocenters. The number of para-hydroxylation sites is 1. The first kappa shape index (κ1) is 20.5. The van der Waals surface area contributed by atoms with Crippen molar-refractivity contribution in [2.24, 2.45) is 4.99 Å². The Labute approximate surface area is 173 Å². The van der Waals surface area contributed by atoms with Crippen molar-refractivity contribution in [3.05, 3.63) is 70.3 Å². The van der Waals surface area contributed by atoms with Gasteiger partial charge in [-0.15, -0.1) is 0 Å². The first-order valence-electron chi connectivity index (χ1n) is 9.13. The molecule has 6 nitrogen and oxygen atoms in total. The van der Waals surface area contributed by atoms with Crippen LogP contribution in [-0.2, 0) is 9.53 Å². The van der Waals surface area contributed by atoms with Crippen LogP contribution in [0.3, 0.4) is 0 Å². The molecule has 0 saturated carbocycles. The summed E-state index contributed by atoms with van der Waals surface area (Å²) in [5.41, 5.74) is 1.13. The summed E-state index contributed by atoms with van der Waals surface area (Å²) in [6.07, 6.45) is 1.61. The molecule has 3 rings (SSSR count). The lowest BCUT2D eigenvalue weighted by atomic mass is 10.1. The molecular weight excluding hydrogens is 390 g/mol. The molecule has 2 N–H and O–H groups in total. The molecule has 1 heterocycles. The predicted molar refractivity (Wildman–Crippen MR) is 115 cm³/mol. The van der Waals surface area contributed by atoms with E-state index in [-0.39, 0.29) is 23.7 Å². The third-order valence-corrected chi connectivity index (χ3v) is 4.99. The van der Waals surface area contributed by atoms with Crippen LogP contribution in [0.5, 0.6) is 11.5 Å². The number of esters is 1. The number of benzene rings is 2. The second-order valence-corrected chi connectivity index (χ2v) is 6.99. The van der Waals surface area contributed by atoms with Crippen molar-refractivity contribution < 1.29 is 24.5 Å². The average molecular weight is 411 g/mol. The third kappa shape index (κ3) is 4.81. The van der Waals surface area contributed by atoms with Gasteiger partial charge >= 0.3 is 5.97 Å². The Morgan fingerprint density at radius 3 is 2.45 bits per heavy atom. The van der Waals surface area contributed by atoms with Gasteiger partial charge in [0.1, 0.15) is 27.9 Å². The van der Waals surface area contributed by atoms with Crippen LogP contribution < -0.4 is 4.74 Å². The molecule has 2 aromatic carbocycles. The van der Waals surface area contributed by atoms with Crippen LogP contribution in [0.25, 0.3) is 6.08 Å². The van der Waals surface area contributed by atoms with Crippen molar-refractivity contribution in [1.29, 1.82) is 0 Å². The number of aliphatic hydroxyl groups is 1. The number of phenolic OH excluding ortho intramolecular Hbond substituents is 1. The van der Waals surface area contributed by atoms with Gasteiger partial charge < -0.3 is 19.7 Å². The van der Waals surface area contributed by atoms with Gasteiger partial charge in [-0.3, -0.25) is 0 Å². The summed E-state index contributed by atoms with van der Waals surface area (Å²) in [6.45, 7) is 4.34. The highest BCUT2D eigenvalue weighted by molar-refractivity contribution is 8.18. The molecule has 29 heavy (non-hydrogen) atoms. The van der Waals surface area contributed by atoms with Gasteiger partial charge in [0.05, 0.1) is 23.8 Å². The minimum atomic E-state index is -0.650. The van der Waals surface area contributed by atoms with E-state index in [1.807, 2.05) is 6.92 Å². The summed E-state index contributed by atoms with van der Waals surface area (Å²) >= 11 is 1.14. The lowest BCUT2D eigenvalue weighted by Gasteiger charge is -2.05. The van der Waals surface area contributed by atoms with Crippen LogP contribution in [0, 0.1) is 0 Å². The largest absolute Gasteiger partial charge is 0.507 e. The Morgan fingerprint density at radius 1 is 1.07 bits per heavy atom. The average Bonchev–Trinajstić information content (AvgIpc) is 3.00. The van der Waals surface area contributed by atoms with E-state index in [9.17, 15) is 15.0 Å². The Bertz CT molecular complexity index is 993. The summed E-state index contributed by atoms with van der Waals surface area (Å²) in [4.78, 5) is 17.3. The Hall–Kier alpha value is -3.19. The number of aromatic hydroxyl groups is 1. The van der Waals surface area contributed by atoms with Crippen molar-refractivity contribution in [2.45, 2.75) is 13.8 Å². The Balaban J connectivity index is 2.00. The van der Waals surface area contributed by atoms with E-state index in [0.717, 1.165) is 17.5 Å². The number of rotatable bonds is 6. The fourth-order valence-corrected chi connectivity index (χ4v) is 3.67. The van der Waals surface area contributed by atoms with E-state index in [1.165, 1.54) is 0 Å². The Morgan fingerprint density at radius 2 is 1.79 bits per heavy atom. The molecule has 0 amide bonds. The summed E-state index contributed by atoms with van der Waals surface area (Å²) in [5.74, 6) is -0.0769. The zero-order valence-corrected chi connectivity index (χ0v) is 16.9. The molecule has 1 aliphatic rings.